The predicted molar refractivity (Wildman–Crippen MR) is 147 cm³/mol. The maximum atomic E-state index is 12.9. The predicted octanol–water partition coefficient (Wildman–Crippen LogP) is 2.82. The van der Waals surface area contributed by atoms with Crippen LogP contribution in [0.4, 0.5) is 11.4 Å². The third kappa shape index (κ3) is 5.74. The molecule has 14 heteroatoms. The van der Waals surface area contributed by atoms with Crippen LogP contribution in [0.2, 0.25) is 0 Å². The average molecular weight is 593 g/mol. The summed E-state index contributed by atoms with van der Waals surface area (Å²) < 4.78 is 44.7. The van der Waals surface area contributed by atoms with Crippen molar-refractivity contribution < 1.29 is 57.1 Å². The van der Waals surface area contributed by atoms with Crippen LogP contribution >= 0.6 is 0 Å². The molecule has 0 radical (unpaired) electrons. The van der Waals surface area contributed by atoms with Crippen LogP contribution in [-0.2, 0) is 38.1 Å². The first-order valence-corrected chi connectivity index (χ1v) is 13.6. The number of rotatable bonds is 12. The van der Waals surface area contributed by atoms with E-state index in [1.807, 2.05) is 0 Å². The second-order valence-corrected chi connectivity index (χ2v) is 8.44. The monoisotopic (exact) mass is 592 g/mol. The number of nitrogens with zero attached hydrogens (tertiary/aromatic N) is 2. The van der Waals surface area contributed by atoms with Crippen molar-refractivity contribution in [2.24, 2.45) is 0 Å². The van der Waals surface area contributed by atoms with Gasteiger partial charge < -0.3 is 47.7 Å². The first-order valence-electron chi connectivity index (χ1n) is 13.6. The number of carbonyl (C=O) groups is 4. The van der Waals surface area contributed by atoms with E-state index < -0.39 is 35.0 Å². The standard InChI is InChI=1S/C28H36N2O12/c1-9-35-19-17-22(42-23(29(17)7)15(25(31)37-11-3)26(32)38-12-4)20(36-10-2)18-21(19)41-24(30(18)8)16(27(33)39-13-5)28(34)40-14-6/h9-14H2,1-8H3. The van der Waals surface area contributed by atoms with Gasteiger partial charge in [0.1, 0.15) is 11.4 Å². The topological polar surface area (TPSA) is 149 Å². The molecule has 2 heterocycles. The van der Waals surface area contributed by atoms with Gasteiger partial charge >= 0.3 is 23.9 Å². The summed E-state index contributed by atoms with van der Waals surface area (Å²) in [5.74, 6) is -3.69. The quantitative estimate of drug-likeness (QED) is 0.115. The number of carbonyl (C=O) groups excluding carboxylic acids is 4. The van der Waals surface area contributed by atoms with Gasteiger partial charge in [0.05, 0.1) is 39.6 Å². The first kappa shape index (κ1) is 31.9. The third-order valence-corrected chi connectivity index (χ3v) is 5.87. The van der Waals surface area contributed by atoms with Crippen LogP contribution in [0.15, 0.2) is 22.9 Å². The molecule has 1 aromatic carbocycles. The van der Waals surface area contributed by atoms with E-state index in [0.717, 1.165) is 0 Å². The van der Waals surface area contributed by atoms with E-state index in [1.54, 1.807) is 55.6 Å². The van der Waals surface area contributed by atoms with E-state index in [1.165, 1.54) is 9.80 Å². The fourth-order valence-corrected chi connectivity index (χ4v) is 4.29. The Labute approximate surface area is 243 Å². The van der Waals surface area contributed by atoms with E-state index in [4.69, 9.17) is 37.9 Å². The number of fused-ring (bicyclic) bond motifs is 2. The highest BCUT2D eigenvalue weighted by Gasteiger charge is 2.46. The van der Waals surface area contributed by atoms with E-state index in [2.05, 4.69) is 0 Å². The maximum Gasteiger partial charge on any atom is 0.351 e. The highest BCUT2D eigenvalue weighted by atomic mass is 16.6. The molecule has 0 bridgehead atoms. The van der Waals surface area contributed by atoms with Crippen LogP contribution in [0, 0.1) is 0 Å². The molecule has 0 atom stereocenters. The summed E-state index contributed by atoms with van der Waals surface area (Å²) in [6, 6.07) is 0. The number of hydrogen-bond acceptors (Lipinski definition) is 14. The van der Waals surface area contributed by atoms with Gasteiger partial charge in [0.15, 0.2) is 11.5 Å². The Morgan fingerprint density at radius 3 is 1.05 bits per heavy atom. The summed E-state index contributed by atoms with van der Waals surface area (Å²) in [5.41, 5.74) is -0.430. The van der Waals surface area contributed by atoms with Gasteiger partial charge in [-0.2, -0.15) is 0 Å². The van der Waals surface area contributed by atoms with E-state index >= 15 is 0 Å². The molecule has 0 N–H and O–H groups in total. The molecule has 0 saturated heterocycles. The van der Waals surface area contributed by atoms with E-state index in [9.17, 15) is 19.2 Å². The fourth-order valence-electron chi connectivity index (χ4n) is 4.29. The van der Waals surface area contributed by atoms with Gasteiger partial charge in [0.25, 0.3) is 0 Å². The van der Waals surface area contributed by atoms with Crippen molar-refractivity contribution in [2.75, 3.05) is 63.5 Å². The van der Waals surface area contributed by atoms with Gasteiger partial charge in [0, 0.05) is 14.1 Å². The Bertz CT molecular complexity index is 1180. The summed E-state index contributed by atoms with van der Waals surface area (Å²) in [4.78, 5) is 54.4. The van der Waals surface area contributed by atoms with Gasteiger partial charge in [-0.1, -0.05) is 0 Å². The largest absolute Gasteiger partial charge is 0.488 e. The summed E-state index contributed by atoms with van der Waals surface area (Å²) in [6.07, 6.45) is 0. The lowest BCUT2D eigenvalue weighted by molar-refractivity contribution is -0.148. The normalized spacial score (nSPS) is 13.0. The second kappa shape index (κ2) is 13.8. The number of benzene rings is 1. The number of hydrogen-bond donors (Lipinski definition) is 0. The van der Waals surface area contributed by atoms with Crippen LogP contribution in [0.3, 0.4) is 0 Å². The zero-order valence-corrected chi connectivity index (χ0v) is 25.0. The van der Waals surface area contributed by atoms with Crippen molar-refractivity contribution in [3.8, 4) is 23.0 Å². The molecule has 230 valence electrons. The minimum Gasteiger partial charge on any atom is -0.488 e. The van der Waals surface area contributed by atoms with Gasteiger partial charge in [-0.15, -0.1) is 0 Å². The molecule has 42 heavy (non-hydrogen) atoms. The summed E-state index contributed by atoms with van der Waals surface area (Å²) in [6.45, 7) is 10.2. The molecule has 0 unspecified atom stereocenters. The SMILES string of the molecule is CCOC(=O)C(C(=O)OCC)=C1Oc2c(OCC)c3c(c(OCC)c2N1C)OC(=C(C(=O)OCC)C(=O)OCC)N3C. The molecule has 2 aliphatic heterocycles. The number of ether oxygens (including phenoxy) is 8. The number of anilines is 2. The second-order valence-electron chi connectivity index (χ2n) is 8.44. The zero-order chi connectivity index (χ0) is 31.1. The molecule has 1 aromatic rings. The average Bonchev–Trinajstić information content (AvgIpc) is 3.44. The molecule has 0 spiro atoms. The summed E-state index contributed by atoms with van der Waals surface area (Å²) in [7, 11) is 3.09. The molecule has 0 aromatic heterocycles. The molecule has 0 aliphatic carbocycles. The fraction of sp³-hybridized carbons (Fsp3) is 0.500. The number of esters is 4. The molecule has 0 fully saturated rings. The van der Waals surface area contributed by atoms with Gasteiger partial charge in [-0.05, 0) is 41.5 Å². The van der Waals surface area contributed by atoms with Crippen LogP contribution in [0.1, 0.15) is 41.5 Å². The molecule has 0 amide bonds. The first-order chi connectivity index (χ1) is 20.1. The lowest BCUT2D eigenvalue weighted by Gasteiger charge is -2.20. The van der Waals surface area contributed by atoms with Crippen LogP contribution < -0.4 is 28.7 Å². The van der Waals surface area contributed by atoms with Gasteiger partial charge in [0.2, 0.25) is 34.4 Å². The van der Waals surface area contributed by atoms with Gasteiger partial charge in [-0.3, -0.25) is 0 Å². The van der Waals surface area contributed by atoms with Crippen molar-refractivity contribution in [3.05, 3.63) is 22.9 Å². The van der Waals surface area contributed by atoms with Crippen molar-refractivity contribution in [1.29, 1.82) is 0 Å². The summed E-state index contributed by atoms with van der Waals surface area (Å²) in [5, 5.41) is 0. The molecule has 3 rings (SSSR count). The Morgan fingerprint density at radius 1 is 0.524 bits per heavy atom. The minimum absolute atomic E-state index is 0.00534. The Hall–Kier alpha value is -4.62. The van der Waals surface area contributed by atoms with Crippen molar-refractivity contribution in [2.45, 2.75) is 41.5 Å². The van der Waals surface area contributed by atoms with Crippen LogP contribution in [0.25, 0.3) is 0 Å². The van der Waals surface area contributed by atoms with E-state index in [0.29, 0.717) is 0 Å². The molecule has 2 aliphatic rings. The maximum absolute atomic E-state index is 12.9. The molecule has 0 saturated carbocycles. The minimum atomic E-state index is -0.943. The van der Waals surface area contributed by atoms with Crippen molar-refractivity contribution in [3.63, 3.8) is 0 Å². The van der Waals surface area contributed by atoms with Crippen LogP contribution in [-0.4, -0.2) is 77.6 Å². The summed E-state index contributed by atoms with van der Waals surface area (Å²) >= 11 is 0. The molecular formula is C28H36N2O12. The highest BCUT2D eigenvalue weighted by molar-refractivity contribution is 6.16. The Kier molecular flexibility index (Phi) is 10.5. The smallest absolute Gasteiger partial charge is 0.351 e. The lowest BCUT2D eigenvalue weighted by Crippen LogP contribution is -2.27. The molecular weight excluding hydrogens is 556 g/mol. The van der Waals surface area contributed by atoms with Gasteiger partial charge in [-0.25, -0.2) is 19.2 Å². The van der Waals surface area contributed by atoms with Crippen molar-refractivity contribution >= 4 is 35.3 Å². The third-order valence-electron chi connectivity index (χ3n) is 5.87. The van der Waals surface area contributed by atoms with E-state index in [-0.39, 0.29) is 85.8 Å². The Morgan fingerprint density at radius 2 is 0.810 bits per heavy atom. The molecule has 14 nitrogen and oxygen atoms in total. The Balaban J connectivity index is 2.35. The lowest BCUT2D eigenvalue weighted by atomic mass is 10.1. The van der Waals surface area contributed by atoms with Crippen molar-refractivity contribution in [1.82, 2.24) is 0 Å². The highest BCUT2D eigenvalue weighted by Crippen LogP contribution is 2.64. The zero-order valence-electron chi connectivity index (χ0n) is 25.0. The van der Waals surface area contributed by atoms with Crippen LogP contribution in [0.5, 0.6) is 23.0 Å².